The first-order valence-corrected chi connectivity index (χ1v) is 11.8. The number of H-pyrrole nitrogens is 1. The maximum atomic E-state index is 14.8. The number of aromatic hydroxyl groups is 1. The Kier molecular flexibility index (Phi) is 4.80. The highest BCUT2D eigenvalue weighted by atomic mass is 19.1. The fourth-order valence-corrected chi connectivity index (χ4v) is 4.86. The van der Waals surface area contributed by atoms with E-state index in [2.05, 4.69) is 10.4 Å². The van der Waals surface area contributed by atoms with Crippen molar-refractivity contribution in [3.05, 3.63) is 33.8 Å². The van der Waals surface area contributed by atoms with E-state index in [9.17, 15) is 23.9 Å². The number of rotatable bonds is 6. The SMILES string of the molecule is O=C(NC1CC1)c1c(O)[n+](CC2(F)CC2)c2c(/C=C/C(=O)N3CC4CCC(C3)O4)c[nH]n2c1=O. The van der Waals surface area contributed by atoms with E-state index in [0.29, 0.717) is 31.5 Å². The number of carbonyl (C=O) groups excluding carboxylic acids is 2. The number of ether oxygens (including phenoxy) is 1. The second kappa shape index (κ2) is 7.66. The van der Waals surface area contributed by atoms with Crippen molar-refractivity contribution in [3.8, 4) is 5.88 Å². The van der Waals surface area contributed by atoms with Crippen LogP contribution in [0.5, 0.6) is 5.88 Å². The lowest BCUT2D eigenvalue weighted by Crippen LogP contribution is -2.47. The molecule has 3 N–H and O–H groups in total. The Balaban J connectivity index is 1.37. The molecule has 2 bridgehead atoms. The van der Waals surface area contributed by atoms with Crippen molar-refractivity contribution in [3.63, 3.8) is 0 Å². The molecule has 2 aliphatic heterocycles. The highest BCUT2D eigenvalue weighted by Crippen LogP contribution is 2.40. The minimum absolute atomic E-state index is 0.0139. The Bertz CT molecular complexity index is 1260. The van der Waals surface area contributed by atoms with Crippen molar-refractivity contribution in [1.82, 2.24) is 19.8 Å². The summed E-state index contributed by atoms with van der Waals surface area (Å²) in [7, 11) is 0. The summed E-state index contributed by atoms with van der Waals surface area (Å²) in [5.41, 5.74) is -2.05. The summed E-state index contributed by atoms with van der Waals surface area (Å²) in [6.45, 7) is 0.876. The van der Waals surface area contributed by atoms with Crippen LogP contribution in [0.25, 0.3) is 11.7 Å². The van der Waals surface area contributed by atoms with Gasteiger partial charge in [-0.25, -0.2) is 14.3 Å². The molecule has 4 fully saturated rings. The third-order valence-electron chi connectivity index (χ3n) is 7.11. The maximum absolute atomic E-state index is 14.8. The Labute approximate surface area is 194 Å². The van der Waals surface area contributed by atoms with Crippen molar-refractivity contribution in [2.24, 2.45) is 0 Å². The number of amides is 2. The van der Waals surface area contributed by atoms with Crippen molar-refractivity contribution in [2.75, 3.05) is 13.1 Å². The standard InChI is InChI=1S/C23H26FN5O5/c24-23(7-8-23)12-28-20-13(1-6-17(30)27-10-15-4-5-16(11-27)34-15)9-25-29(20)22(33)18(21(28)32)19(31)26-14-2-3-14/h1,6,9,14-16H,2-5,7-8,10-12H2,(H2,26,31,32,33)/p+1/b6-1+. The Morgan fingerprint density at radius 3 is 2.62 bits per heavy atom. The quantitative estimate of drug-likeness (QED) is 0.416. The predicted molar refractivity (Wildman–Crippen MR) is 117 cm³/mol. The number of morpholine rings is 1. The lowest BCUT2D eigenvalue weighted by molar-refractivity contribution is -0.688. The van der Waals surface area contributed by atoms with E-state index in [1.54, 1.807) is 11.0 Å². The van der Waals surface area contributed by atoms with Gasteiger partial charge in [0, 0.05) is 25.2 Å². The van der Waals surface area contributed by atoms with Gasteiger partial charge in [0.2, 0.25) is 11.5 Å². The summed E-state index contributed by atoms with van der Waals surface area (Å²) in [6.07, 6.45) is 8.80. The maximum Gasteiger partial charge on any atom is 0.378 e. The number of hydrogen-bond acceptors (Lipinski definition) is 5. The molecular weight excluding hydrogens is 445 g/mol. The van der Waals surface area contributed by atoms with Crippen LogP contribution in [0.4, 0.5) is 4.39 Å². The summed E-state index contributed by atoms with van der Waals surface area (Å²) in [6, 6.07) is -0.0139. The van der Waals surface area contributed by atoms with Gasteiger partial charge in [0.15, 0.2) is 0 Å². The van der Waals surface area contributed by atoms with Crippen molar-refractivity contribution < 1.29 is 28.4 Å². The first kappa shape index (κ1) is 21.3. The van der Waals surface area contributed by atoms with Crippen LogP contribution in [0.2, 0.25) is 0 Å². The molecule has 4 heterocycles. The highest BCUT2D eigenvalue weighted by Gasteiger charge is 2.48. The fourth-order valence-electron chi connectivity index (χ4n) is 4.86. The number of likely N-dealkylation sites (tertiary alicyclic amines) is 1. The van der Waals surface area contributed by atoms with Gasteiger partial charge in [0.05, 0.1) is 24.0 Å². The zero-order chi connectivity index (χ0) is 23.6. The monoisotopic (exact) mass is 472 g/mol. The number of alkyl halides is 1. The fraction of sp³-hybridized carbons (Fsp3) is 0.565. The van der Waals surface area contributed by atoms with E-state index in [4.69, 9.17) is 4.74 Å². The second-order valence-corrected chi connectivity index (χ2v) is 9.91. The summed E-state index contributed by atoms with van der Waals surface area (Å²) >= 11 is 0. The summed E-state index contributed by atoms with van der Waals surface area (Å²) < 4.78 is 23.0. The Morgan fingerprint density at radius 2 is 1.97 bits per heavy atom. The molecule has 2 aromatic heterocycles. The topological polar surface area (TPSA) is 120 Å². The van der Waals surface area contributed by atoms with Crippen LogP contribution in [0, 0.1) is 0 Å². The van der Waals surface area contributed by atoms with Crippen LogP contribution < -0.4 is 15.4 Å². The Morgan fingerprint density at radius 1 is 1.26 bits per heavy atom. The average Bonchev–Trinajstić information content (AvgIpc) is 3.69. The van der Waals surface area contributed by atoms with Crippen LogP contribution in [0.15, 0.2) is 17.1 Å². The van der Waals surface area contributed by atoms with E-state index in [1.807, 2.05) is 0 Å². The lowest BCUT2D eigenvalue weighted by Gasteiger charge is -2.31. The number of nitrogens with zero attached hydrogens (tertiary/aromatic N) is 3. The van der Waals surface area contributed by atoms with Gasteiger partial charge in [-0.2, -0.15) is 4.57 Å². The average molecular weight is 472 g/mol. The zero-order valence-electron chi connectivity index (χ0n) is 18.6. The van der Waals surface area contributed by atoms with Gasteiger partial charge in [0.1, 0.15) is 12.2 Å². The molecule has 2 aromatic rings. The number of halogens is 1. The summed E-state index contributed by atoms with van der Waals surface area (Å²) in [5.74, 6) is -1.43. The zero-order valence-corrected chi connectivity index (χ0v) is 18.6. The molecule has 10 nitrogen and oxygen atoms in total. The summed E-state index contributed by atoms with van der Waals surface area (Å²) in [5, 5.41) is 16.5. The molecular formula is C23H27FN5O5+. The van der Waals surface area contributed by atoms with Gasteiger partial charge in [0.25, 0.3) is 5.91 Å². The molecule has 180 valence electrons. The molecule has 6 rings (SSSR count). The minimum Gasteiger partial charge on any atom is -0.477 e. The lowest BCUT2D eigenvalue weighted by atomic mass is 10.2. The molecule has 2 atom stereocenters. The van der Waals surface area contributed by atoms with Crippen LogP contribution >= 0.6 is 0 Å². The normalized spacial score (nSPS) is 25.3. The van der Waals surface area contributed by atoms with E-state index in [0.717, 1.165) is 30.2 Å². The third-order valence-corrected chi connectivity index (χ3v) is 7.11. The van der Waals surface area contributed by atoms with Crippen molar-refractivity contribution in [1.29, 1.82) is 0 Å². The third kappa shape index (κ3) is 3.77. The Hall–Kier alpha value is -3.21. The van der Waals surface area contributed by atoms with Gasteiger partial charge in [-0.3, -0.25) is 9.59 Å². The molecule has 2 aliphatic carbocycles. The van der Waals surface area contributed by atoms with Gasteiger partial charge >= 0.3 is 17.1 Å². The molecule has 0 spiro atoms. The number of aromatic amines is 1. The number of carbonyl (C=O) groups is 2. The van der Waals surface area contributed by atoms with Gasteiger partial charge < -0.3 is 20.1 Å². The first-order valence-electron chi connectivity index (χ1n) is 11.8. The summed E-state index contributed by atoms with van der Waals surface area (Å²) in [4.78, 5) is 40.3. The molecule has 2 amide bonds. The van der Waals surface area contributed by atoms with E-state index in [1.165, 1.54) is 16.8 Å². The predicted octanol–water partition coefficient (Wildman–Crippen LogP) is 0.418. The van der Waals surface area contributed by atoms with E-state index < -0.39 is 28.6 Å². The molecule has 0 radical (unpaired) electrons. The van der Waals surface area contributed by atoms with Gasteiger partial charge in [-0.1, -0.05) is 4.52 Å². The number of hydrogen-bond donors (Lipinski definition) is 3. The largest absolute Gasteiger partial charge is 0.477 e. The highest BCUT2D eigenvalue weighted by molar-refractivity contribution is 5.96. The molecule has 4 aliphatic rings. The molecule has 0 aromatic carbocycles. The smallest absolute Gasteiger partial charge is 0.378 e. The van der Waals surface area contributed by atoms with Crippen molar-refractivity contribution >= 4 is 23.5 Å². The van der Waals surface area contributed by atoms with Crippen molar-refractivity contribution in [2.45, 2.75) is 69.0 Å². The van der Waals surface area contributed by atoms with Gasteiger partial charge in [-0.05, 0) is 44.6 Å². The number of nitrogens with one attached hydrogen (secondary N) is 2. The number of fused-ring (bicyclic) bond motifs is 3. The molecule has 2 saturated carbocycles. The molecule has 11 heteroatoms. The molecule has 2 saturated heterocycles. The van der Waals surface area contributed by atoms with E-state index >= 15 is 0 Å². The minimum atomic E-state index is -1.51. The van der Waals surface area contributed by atoms with Gasteiger partial charge in [-0.15, -0.1) is 0 Å². The second-order valence-electron chi connectivity index (χ2n) is 9.91. The molecule has 2 unspecified atom stereocenters. The van der Waals surface area contributed by atoms with Crippen LogP contribution in [-0.4, -0.2) is 68.4 Å². The van der Waals surface area contributed by atoms with Crippen LogP contribution in [0.1, 0.15) is 54.4 Å². The number of aromatic nitrogens is 3. The van der Waals surface area contributed by atoms with E-state index in [-0.39, 0.29) is 36.3 Å². The first-order chi connectivity index (χ1) is 16.3. The van der Waals surface area contributed by atoms with Crippen LogP contribution in [0.3, 0.4) is 0 Å². The van der Waals surface area contributed by atoms with Crippen LogP contribution in [-0.2, 0) is 16.1 Å². The molecule has 34 heavy (non-hydrogen) atoms.